The Labute approximate surface area is 151 Å². The van der Waals surface area contributed by atoms with Crippen molar-refractivity contribution >= 4 is 18.3 Å². The highest BCUT2D eigenvalue weighted by Gasteiger charge is 2.26. The van der Waals surface area contributed by atoms with Gasteiger partial charge in [0.1, 0.15) is 12.4 Å². The Bertz CT molecular complexity index is 755. The van der Waals surface area contributed by atoms with Gasteiger partial charge in [-0.1, -0.05) is 55.5 Å². The molecule has 3 rings (SSSR count). The van der Waals surface area contributed by atoms with E-state index in [1.54, 1.807) is 6.92 Å². The molecular weight excluding hydrogens is 334 g/mol. The van der Waals surface area contributed by atoms with Crippen LogP contribution >= 0.6 is 0 Å². The molecule has 0 unspecified atom stereocenters. The Morgan fingerprint density at radius 2 is 1.65 bits per heavy atom. The molecule has 0 heterocycles. The molecule has 0 atom stereocenters. The first-order chi connectivity index (χ1) is 12.6. The molecule has 0 spiro atoms. The normalized spacial score (nSPS) is 12.4. The van der Waals surface area contributed by atoms with Crippen molar-refractivity contribution in [3.05, 3.63) is 59.7 Å². The van der Waals surface area contributed by atoms with E-state index in [4.69, 9.17) is 9.84 Å². The summed E-state index contributed by atoms with van der Waals surface area (Å²) < 4.78 is 5.18. The van der Waals surface area contributed by atoms with Crippen LogP contribution in [0, 0.1) is 0 Å². The monoisotopic (exact) mass is 354 g/mol. The molecule has 2 aromatic carbocycles. The van der Waals surface area contributed by atoms with Crippen molar-refractivity contribution in [2.24, 2.45) is 4.99 Å². The third-order valence-electron chi connectivity index (χ3n) is 3.93. The van der Waals surface area contributed by atoms with E-state index < -0.39 is 12.1 Å². The molecule has 0 amide bonds. The zero-order chi connectivity index (χ0) is 18.9. The summed E-state index contributed by atoms with van der Waals surface area (Å²) in [5.41, 5.74) is 4.67. The number of carboxylic acid groups (broad SMARTS) is 1. The summed E-state index contributed by atoms with van der Waals surface area (Å²) in [7, 11) is 0. The van der Waals surface area contributed by atoms with Gasteiger partial charge in [-0.25, -0.2) is 0 Å². The number of ether oxygens (including phenoxy) is 1. The van der Waals surface area contributed by atoms with Gasteiger partial charge in [0, 0.05) is 18.9 Å². The number of fused-ring (bicyclic) bond motifs is 3. The summed E-state index contributed by atoms with van der Waals surface area (Å²) in [6.07, 6.45) is 0.102. The van der Waals surface area contributed by atoms with Gasteiger partial charge in [0.2, 0.25) is 0 Å². The molecule has 0 saturated carbocycles. The van der Waals surface area contributed by atoms with Crippen molar-refractivity contribution in [3.63, 3.8) is 0 Å². The van der Waals surface area contributed by atoms with E-state index in [9.17, 15) is 14.7 Å². The first-order valence-corrected chi connectivity index (χ1v) is 8.26. The van der Waals surface area contributed by atoms with E-state index in [1.165, 1.54) is 11.1 Å². The van der Waals surface area contributed by atoms with Crippen LogP contribution in [-0.2, 0) is 14.3 Å². The number of aldehydes is 1. The molecule has 1 aliphatic rings. The number of hydrogen-bond acceptors (Lipinski definition) is 5. The highest BCUT2D eigenvalue weighted by molar-refractivity contribution is 5.79. The molecule has 136 valence electrons. The number of hydrogen-bond donors (Lipinski definition) is 1. The molecule has 0 bridgehead atoms. The van der Waals surface area contributed by atoms with Crippen molar-refractivity contribution in [1.82, 2.24) is 0 Å². The Kier molecular flexibility index (Phi) is 6.91. The lowest BCUT2D eigenvalue weighted by Gasteiger charge is -2.20. The molecule has 26 heavy (non-hydrogen) atoms. The first kappa shape index (κ1) is 19.2. The quantitative estimate of drug-likeness (QED) is 0.504. The molecule has 0 fully saturated rings. The maximum Gasteiger partial charge on any atom is 0.303 e. The molecule has 6 nitrogen and oxygen atoms in total. The largest absolute Gasteiger partial charge is 0.599 e. The lowest BCUT2D eigenvalue weighted by atomic mass is 9.98. The molecule has 1 N–H and O–H groups in total. The maximum atomic E-state index is 11.4. The van der Waals surface area contributed by atoms with Crippen molar-refractivity contribution < 1.29 is 24.5 Å². The van der Waals surface area contributed by atoms with Gasteiger partial charge in [-0.3, -0.25) is 9.79 Å². The molecule has 1 aliphatic carbocycles. The first-order valence-electron chi connectivity index (χ1n) is 8.26. The summed E-state index contributed by atoms with van der Waals surface area (Å²) in [5.74, 6) is -0.724. The summed E-state index contributed by atoms with van der Waals surface area (Å²) in [6.45, 7) is 1.67. The number of aliphatic carboxylic acids is 1. The summed E-state index contributed by atoms with van der Waals surface area (Å²) in [6, 6.07) is 16.2. The zero-order valence-corrected chi connectivity index (χ0v) is 14.4. The highest BCUT2D eigenvalue weighted by atomic mass is 16.6. The van der Waals surface area contributed by atoms with Gasteiger partial charge in [-0.15, -0.1) is 0 Å². The molecule has 0 radical (unpaired) electrons. The minimum absolute atomic E-state index is 0.0211. The Morgan fingerprint density at radius 1 is 1.15 bits per heavy atom. The molecule has 0 aliphatic heterocycles. The average molecular weight is 354 g/mol. The van der Waals surface area contributed by atoms with Gasteiger partial charge in [0.25, 0.3) is 0 Å². The lowest BCUT2D eigenvalue weighted by Crippen LogP contribution is -2.24. The summed E-state index contributed by atoms with van der Waals surface area (Å²) in [4.78, 5) is 23.0. The van der Waals surface area contributed by atoms with Crippen molar-refractivity contribution in [2.75, 3.05) is 13.2 Å². The fourth-order valence-electron chi connectivity index (χ4n) is 2.75. The molecule has 2 aromatic rings. The van der Waals surface area contributed by atoms with E-state index >= 15 is 0 Å². The SMILES string of the molecule is CCC(=O)O.O=CCN=C([O-])OCC1c2ccccc2-c2ccccc21. The van der Waals surface area contributed by atoms with Crippen LogP contribution in [0.5, 0.6) is 0 Å². The number of carbonyl (C=O) groups is 2. The molecular formula is C20H20NO5-. The van der Waals surface area contributed by atoms with E-state index in [2.05, 4.69) is 29.3 Å². The Morgan fingerprint density at radius 3 is 2.12 bits per heavy atom. The molecule has 6 heteroatoms. The third kappa shape index (κ3) is 4.69. The van der Waals surface area contributed by atoms with Gasteiger partial charge in [0.15, 0.2) is 0 Å². The number of benzene rings is 2. The predicted molar refractivity (Wildman–Crippen MR) is 96.0 cm³/mol. The zero-order valence-electron chi connectivity index (χ0n) is 14.4. The van der Waals surface area contributed by atoms with Crippen LogP contribution in [0.15, 0.2) is 53.5 Å². The Balaban J connectivity index is 0.000000431. The number of rotatable bonds is 5. The van der Waals surface area contributed by atoms with Crippen molar-refractivity contribution in [3.8, 4) is 11.1 Å². The van der Waals surface area contributed by atoms with E-state index in [-0.39, 0.29) is 25.5 Å². The number of nitrogens with zero attached hydrogens (tertiary/aromatic N) is 1. The second-order valence-corrected chi connectivity index (χ2v) is 5.56. The standard InChI is InChI=1S/C17H15NO3.C3H6O2/c19-10-9-18-17(20)21-11-16-14-7-3-1-5-12(14)13-6-2-4-8-15(13)16;1-2-3(4)5/h1-8,10,16H,9,11H2,(H,18,20);2H2,1H3,(H,4,5)/p-1. The minimum Gasteiger partial charge on any atom is -0.599 e. The van der Waals surface area contributed by atoms with Crippen LogP contribution < -0.4 is 5.11 Å². The smallest absolute Gasteiger partial charge is 0.303 e. The van der Waals surface area contributed by atoms with Crippen LogP contribution in [0.2, 0.25) is 0 Å². The maximum absolute atomic E-state index is 11.4. The topological polar surface area (TPSA) is 99.0 Å². The number of carbonyl (C=O) groups excluding carboxylic acids is 1. The van der Waals surface area contributed by atoms with Crippen molar-refractivity contribution in [1.29, 1.82) is 0 Å². The highest BCUT2D eigenvalue weighted by Crippen LogP contribution is 2.44. The van der Waals surface area contributed by atoms with Crippen LogP contribution in [-0.4, -0.2) is 36.6 Å². The van der Waals surface area contributed by atoms with E-state index in [0.29, 0.717) is 6.29 Å². The lowest BCUT2D eigenvalue weighted by molar-refractivity contribution is -0.251. The van der Waals surface area contributed by atoms with E-state index in [1.807, 2.05) is 24.3 Å². The van der Waals surface area contributed by atoms with Crippen LogP contribution in [0.25, 0.3) is 11.1 Å². The van der Waals surface area contributed by atoms with Gasteiger partial charge in [-0.05, 0) is 22.3 Å². The summed E-state index contributed by atoms with van der Waals surface area (Å²) >= 11 is 0. The number of carboxylic acids is 1. The average Bonchev–Trinajstić information content (AvgIpc) is 2.99. The Hall–Kier alpha value is -3.15. The second kappa shape index (κ2) is 9.36. The van der Waals surface area contributed by atoms with Crippen LogP contribution in [0.3, 0.4) is 0 Å². The van der Waals surface area contributed by atoms with Gasteiger partial charge in [-0.2, -0.15) is 0 Å². The fraction of sp³-hybridized carbons (Fsp3) is 0.250. The predicted octanol–water partition coefficient (Wildman–Crippen LogP) is 2.21. The second-order valence-electron chi connectivity index (χ2n) is 5.56. The minimum atomic E-state index is -0.745. The van der Waals surface area contributed by atoms with E-state index in [0.717, 1.165) is 11.1 Å². The third-order valence-corrected chi connectivity index (χ3v) is 3.93. The van der Waals surface area contributed by atoms with Crippen LogP contribution in [0.4, 0.5) is 0 Å². The van der Waals surface area contributed by atoms with Gasteiger partial charge < -0.3 is 19.7 Å². The molecule has 0 saturated heterocycles. The number of aliphatic imine (C=N–C) groups is 1. The van der Waals surface area contributed by atoms with Crippen LogP contribution in [0.1, 0.15) is 30.4 Å². The summed E-state index contributed by atoms with van der Waals surface area (Å²) in [5, 5.41) is 19.2. The van der Waals surface area contributed by atoms with Gasteiger partial charge in [0.05, 0.1) is 6.54 Å². The van der Waals surface area contributed by atoms with Crippen molar-refractivity contribution in [2.45, 2.75) is 19.3 Å². The fourth-order valence-corrected chi connectivity index (χ4v) is 2.75. The molecule has 0 aromatic heterocycles. The van der Waals surface area contributed by atoms with Gasteiger partial charge >= 0.3 is 5.97 Å².